The van der Waals surface area contributed by atoms with Crippen molar-refractivity contribution in [3.63, 3.8) is 0 Å². The van der Waals surface area contributed by atoms with E-state index in [9.17, 15) is 9.90 Å². The molecule has 0 heterocycles. The maximum atomic E-state index is 12.0. The zero-order chi connectivity index (χ0) is 16.1. The first-order valence-electron chi connectivity index (χ1n) is 6.52. The molecule has 3 nitrogen and oxygen atoms in total. The van der Waals surface area contributed by atoms with Gasteiger partial charge in [0.15, 0.2) is 17.3 Å². The van der Waals surface area contributed by atoms with Gasteiger partial charge in [0.05, 0.1) is 12.1 Å². The van der Waals surface area contributed by atoms with E-state index >= 15 is 0 Å². The second-order valence-corrected chi connectivity index (χ2v) is 5.44. The molecule has 1 N–H and O–H groups in total. The normalized spacial score (nSPS) is 10.9. The summed E-state index contributed by atoms with van der Waals surface area (Å²) in [6, 6.07) is 10.4. The Morgan fingerprint density at radius 1 is 1.27 bits per heavy atom. The molecule has 0 aliphatic rings. The molecule has 114 valence electrons. The number of hydrogen-bond acceptors (Lipinski definition) is 3. The molecule has 5 heteroatoms. The molecule has 0 spiro atoms. The number of carbonyl (C=O) groups excluding carboxylic acids is 1. The van der Waals surface area contributed by atoms with E-state index in [-0.39, 0.29) is 28.7 Å². The number of phenols is 1. The molecule has 0 fully saturated rings. The molecule has 2 rings (SSSR count). The summed E-state index contributed by atoms with van der Waals surface area (Å²) in [6.45, 7) is 0. The number of aromatic hydroxyl groups is 1. The minimum atomic E-state index is -0.145. The van der Waals surface area contributed by atoms with Crippen LogP contribution in [0.5, 0.6) is 11.5 Å². The van der Waals surface area contributed by atoms with Crippen molar-refractivity contribution in [2.75, 3.05) is 7.11 Å². The van der Waals surface area contributed by atoms with Crippen LogP contribution in [-0.2, 0) is 11.2 Å². The van der Waals surface area contributed by atoms with E-state index in [0.717, 1.165) is 5.56 Å². The third kappa shape index (κ3) is 4.03. The highest BCUT2D eigenvalue weighted by atomic mass is 35.5. The predicted molar refractivity (Wildman–Crippen MR) is 88.9 cm³/mol. The summed E-state index contributed by atoms with van der Waals surface area (Å²) < 4.78 is 4.96. The summed E-state index contributed by atoms with van der Waals surface area (Å²) in [5.41, 5.74) is 1.38. The quantitative estimate of drug-likeness (QED) is 0.815. The topological polar surface area (TPSA) is 46.5 Å². The standard InChI is InChI=1S/C17H14Cl2O3/c1-22-15-8-6-12(16(19)17(15)21)5-7-14(20)10-11-3-2-4-13(18)9-11/h2-9,21H,10H2,1H3/b7-5+. The number of allylic oxidation sites excluding steroid dienone is 1. The number of halogens is 2. The van der Waals surface area contributed by atoms with Crippen molar-refractivity contribution in [3.05, 3.63) is 63.6 Å². The number of methoxy groups -OCH3 is 1. The molecular formula is C17H14Cl2O3. The lowest BCUT2D eigenvalue weighted by atomic mass is 10.1. The fraction of sp³-hybridized carbons (Fsp3) is 0.118. The Labute approximate surface area is 138 Å². The first kappa shape index (κ1) is 16.4. The monoisotopic (exact) mass is 336 g/mol. The number of ether oxygens (including phenoxy) is 1. The Morgan fingerprint density at radius 2 is 2.05 bits per heavy atom. The molecule has 0 saturated heterocycles. The third-order valence-electron chi connectivity index (χ3n) is 3.05. The van der Waals surface area contributed by atoms with Crippen molar-refractivity contribution in [1.82, 2.24) is 0 Å². The molecule has 2 aromatic carbocycles. The summed E-state index contributed by atoms with van der Waals surface area (Å²) in [5.74, 6) is 0.0506. The van der Waals surface area contributed by atoms with Gasteiger partial charge in [0.1, 0.15) is 0 Å². The van der Waals surface area contributed by atoms with Crippen molar-refractivity contribution in [1.29, 1.82) is 0 Å². The van der Waals surface area contributed by atoms with Crippen LogP contribution in [0.4, 0.5) is 0 Å². The Morgan fingerprint density at radius 3 is 2.73 bits per heavy atom. The van der Waals surface area contributed by atoms with E-state index in [2.05, 4.69) is 0 Å². The molecule has 0 aliphatic heterocycles. The smallest absolute Gasteiger partial charge is 0.177 e. The van der Waals surface area contributed by atoms with Gasteiger partial charge in [0.2, 0.25) is 0 Å². The van der Waals surface area contributed by atoms with Gasteiger partial charge in [-0.1, -0.05) is 35.3 Å². The summed E-state index contributed by atoms with van der Waals surface area (Å²) in [5, 5.41) is 10.6. The van der Waals surface area contributed by atoms with Gasteiger partial charge in [-0.2, -0.15) is 0 Å². The van der Waals surface area contributed by atoms with E-state index in [0.29, 0.717) is 10.6 Å². The van der Waals surface area contributed by atoms with Crippen LogP contribution in [0.1, 0.15) is 11.1 Å². The lowest BCUT2D eigenvalue weighted by molar-refractivity contribution is -0.113. The maximum Gasteiger partial charge on any atom is 0.177 e. The van der Waals surface area contributed by atoms with Gasteiger partial charge < -0.3 is 9.84 Å². The summed E-state index contributed by atoms with van der Waals surface area (Å²) >= 11 is 11.9. The van der Waals surface area contributed by atoms with Crippen molar-refractivity contribution in [2.24, 2.45) is 0 Å². The SMILES string of the molecule is COc1ccc(/C=C/C(=O)Cc2cccc(Cl)c2)c(Cl)c1O. The molecule has 0 saturated carbocycles. The minimum absolute atomic E-state index is 0.0892. The highest BCUT2D eigenvalue weighted by Gasteiger charge is 2.09. The van der Waals surface area contributed by atoms with Crippen LogP contribution in [0.3, 0.4) is 0 Å². The fourth-order valence-corrected chi connectivity index (χ4v) is 2.38. The van der Waals surface area contributed by atoms with E-state index < -0.39 is 0 Å². The molecule has 0 bridgehead atoms. The van der Waals surface area contributed by atoms with Gasteiger partial charge >= 0.3 is 0 Å². The van der Waals surface area contributed by atoms with Crippen LogP contribution in [0, 0.1) is 0 Å². The lowest BCUT2D eigenvalue weighted by Crippen LogP contribution is -1.98. The van der Waals surface area contributed by atoms with Gasteiger partial charge in [-0.15, -0.1) is 0 Å². The number of hydrogen-bond donors (Lipinski definition) is 1. The Balaban J connectivity index is 2.11. The molecule has 0 aromatic heterocycles. The number of phenolic OH excluding ortho intramolecular Hbond substituents is 1. The average molecular weight is 337 g/mol. The summed E-state index contributed by atoms with van der Waals surface area (Å²) in [6.07, 6.45) is 3.24. The Bertz CT molecular complexity index is 724. The lowest BCUT2D eigenvalue weighted by Gasteiger charge is -2.06. The fourth-order valence-electron chi connectivity index (χ4n) is 1.95. The van der Waals surface area contributed by atoms with Gasteiger partial charge in [0, 0.05) is 11.4 Å². The second-order valence-electron chi connectivity index (χ2n) is 4.63. The Hall–Kier alpha value is -1.97. The maximum absolute atomic E-state index is 12.0. The molecular weight excluding hydrogens is 323 g/mol. The van der Waals surface area contributed by atoms with Crippen molar-refractivity contribution in [2.45, 2.75) is 6.42 Å². The molecule has 0 unspecified atom stereocenters. The average Bonchev–Trinajstić information content (AvgIpc) is 2.49. The van der Waals surface area contributed by atoms with Crippen LogP contribution < -0.4 is 4.74 Å². The van der Waals surface area contributed by atoms with Crippen LogP contribution in [-0.4, -0.2) is 18.0 Å². The largest absolute Gasteiger partial charge is 0.503 e. The van der Waals surface area contributed by atoms with Crippen LogP contribution in [0.2, 0.25) is 10.0 Å². The van der Waals surface area contributed by atoms with Crippen molar-refractivity contribution < 1.29 is 14.6 Å². The summed E-state index contributed by atoms with van der Waals surface area (Å²) in [7, 11) is 1.44. The van der Waals surface area contributed by atoms with E-state index in [1.807, 2.05) is 6.07 Å². The minimum Gasteiger partial charge on any atom is -0.503 e. The molecule has 0 atom stereocenters. The van der Waals surface area contributed by atoms with Crippen LogP contribution in [0.15, 0.2) is 42.5 Å². The first-order chi connectivity index (χ1) is 10.5. The second kappa shape index (κ2) is 7.34. The molecule has 0 amide bonds. The highest BCUT2D eigenvalue weighted by Crippen LogP contribution is 2.36. The number of rotatable bonds is 5. The highest BCUT2D eigenvalue weighted by molar-refractivity contribution is 6.33. The van der Waals surface area contributed by atoms with E-state index in [1.165, 1.54) is 13.2 Å². The Kier molecular flexibility index (Phi) is 5.47. The molecule has 22 heavy (non-hydrogen) atoms. The van der Waals surface area contributed by atoms with Crippen molar-refractivity contribution in [3.8, 4) is 11.5 Å². The van der Waals surface area contributed by atoms with Gasteiger partial charge in [-0.25, -0.2) is 0 Å². The zero-order valence-corrected chi connectivity index (χ0v) is 13.4. The first-order valence-corrected chi connectivity index (χ1v) is 7.27. The van der Waals surface area contributed by atoms with E-state index in [1.54, 1.807) is 36.4 Å². The van der Waals surface area contributed by atoms with Crippen molar-refractivity contribution >= 4 is 35.1 Å². The molecule has 2 aromatic rings. The third-order valence-corrected chi connectivity index (χ3v) is 3.68. The predicted octanol–water partition coefficient (Wildman–Crippen LogP) is 4.53. The number of benzene rings is 2. The molecule has 0 aliphatic carbocycles. The van der Waals surface area contributed by atoms with Gasteiger partial charge in [-0.05, 0) is 47.5 Å². The van der Waals surface area contributed by atoms with Gasteiger partial charge in [0.25, 0.3) is 0 Å². The van der Waals surface area contributed by atoms with Gasteiger partial charge in [-0.3, -0.25) is 4.79 Å². The molecule has 0 radical (unpaired) electrons. The van der Waals surface area contributed by atoms with Crippen LogP contribution >= 0.6 is 23.2 Å². The van der Waals surface area contributed by atoms with E-state index in [4.69, 9.17) is 27.9 Å². The summed E-state index contributed by atoms with van der Waals surface area (Å²) in [4.78, 5) is 12.0. The van der Waals surface area contributed by atoms with Crippen LogP contribution in [0.25, 0.3) is 6.08 Å². The number of carbonyl (C=O) groups is 1. The zero-order valence-electron chi connectivity index (χ0n) is 11.8. The number of ketones is 1.